The van der Waals surface area contributed by atoms with E-state index in [9.17, 15) is 0 Å². The van der Waals surface area contributed by atoms with Gasteiger partial charge in [0.15, 0.2) is 10.7 Å². The molecule has 11 heteroatoms. The highest BCUT2D eigenvalue weighted by atomic mass is 32.1. The summed E-state index contributed by atoms with van der Waals surface area (Å²) in [6.07, 6.45) is 3.72. The third kappa shape index (κ3) is 3.88. The third-order valence-electron chi connectivity index (χ3n) is 6.23. The molecule has 7 aromatic rings. The summed E-state index contributed by atoms with van der Waals surface area (Å²) in [6, 6.07) is 18.1. The van der Waals surface area contributed by atoms with Gasteiger partial charge >= 0.3 is 0 Å². The van der Waals surface area contributed by atoms with Gasteiger partial charge in [-0.1, -0.05) is 41.1 Å². The first-order chi connectivity index (χ1) is 18.6. The SMILES string of the molecule is Cc1ccc(-n2nnc(-c3nc4sccn4c3/C=N/Nc3nc(-c4cc5ccccc5o4)cs3)c2C)cc1. The van der Waals surface area contributed by atoms with Gasteiger partial charge in [-0.05, 0) is 38.1 Å². The summed E-state index contributed by atoms with van der Waals surface area (Å²) in [4.78, 5) is 10.3. The molecule has 2 aromatic carbocycles. The van der Waals surface area contributed by atoms with E-state index in [1.807, 2.05) is 75.4 Å². The van der Waals surface area contributed by atoms with Crippen LogP contribution in [-0.2, 0) is 0 Å². The van der Waals surface area contributed by atoms with Crippen molar-refractivity contribution in [3.05, 3.63) is 88.5 Å². The number of benzene rings is 2. The molecule has 0 atom stereocenters. The average molecular weight is 537 g/mol. The number of furan rings is 1. The lowest BCUT2D eigenvalue weighted by molar-refractivity contribution is 0.629. The van der Waals surface area contributed by atoms with Crippen LogP contribution in [-0.4, -0.2) is 35.6 Å². The number of aromatic nitrogens is 6. The van der Waals surface area contributed by atoms with Crippen LogP contribution in [0.15, 0.2) is 81.1 Å². The van der Waals surface area contributed by atoms with Gasteiger partial charge < -0.3 is 4.42 Å². The molecule has 0 bridgehead atoms. The summed E-state index contributed by atoms with van der Waals surface area (Å²) >= 11 is 3.01. The number of anilines is 1. The molecule has 9 nitrogen and oxygen atoms in total. The Bertz CT molecular complexity index is 1900. The summed E-state index contributed by atoms with van der Waals surface area (Å²) in [6.45, 7) is 4.06. The molecular weight excluding hydrogens is 516 g/mol. The predicted molar refractivity (Wildman–Crippen MR) is 151 cm³/mol. The van der Waals surface area contributed by atoms with Gasteiger partial charge in [-0.3, -0.25) is 9.83 Å². The van der Waals surface area contributed by atoms with Crippen LogP contribution in [0.1, 0.15) is 17.0 Å². The highest BCUT2D eigenvalue weighted by molar-refractivity contribution is 7.15. The Morgan fingerprint density at radius 2 is 1.87 bits per heavy atom. The minimum Gasteiger partial charge on any atom is -0.454 e. The normalized spacial score (nSPS) is 11.8. The Balaban J connectivity index is 1.18. The van der Waals surface area contributed by atoms with E-state index in [1.54, 1.807) is 17.6 Å². The number of fused-ring (bicyclic) bond motifs is 2. The fourth-order valence-corrected chi connectivity index (χ4v) is 5.64. The van der Waals surface area contributed by atoms with Crippen LogP contribution in [0, 0.1) is 13.8 Å². The van der Waals surface area contributed by atoms with Gasteiger partial charge in [-0.2, -0.15) is 5.10 Å². The van der Waals surface area contributed by atoms with Crippen LogP contribution in [0.4, 0.5) is 5.13 Å². The molecule has 0 unspecified atom stereocenters. The molecule has 0 amide bonds. The van der Waals surface area contributed by atoms with Crippen molar-refractivity contribution in [2.45, 2.75) is 13.8 Å². The number of hydrazone groups is 1. The maximum Gasteiger partial charge on any atom is 0.203 e. The maximum absolute atomic E-state index is 5.94. The van der Waals surface area contributed by atoms with Crippen LogP contribution in [0.3, 0.4) is 0 Å². The zero-order valence-electron chi connectivity index (χ0n) is 20.4. The lowest BCUT2D eigenvalue weighted by Gasteiger charge is -2.04. The van der Waals surface area contributed by atoms with E-state index in [1.165, 1.54) is 16.9 Å². The molecule has 1 N–H and O–H groups in total. The van der Waals surface area contributed by atoms with Gasteiger partial charge in [-0.25, -0.2) is 14.6 Å². The lowest BCUT2D eigenvalue weighted by atomic mass is 10.2. The van der Waals surface area contributed by atoms with Gasteiger partial charge in [-0.15, -0.1) is 27.8 Å². The zero-order valence-corrected chi connectivity index (χ0v) is 22.0. The first kappa shape index (κ1) is 22.6. The Labute approximate surface area is 224 Å². The van der Waals surface area contributed by atoms with Crippen molar-refractivity contribution in [1.82, 2.24) is 29.4 Å². The standard InChI is InChI=1S/C27H20N8OS2/c1-16-7-9-19(10-8-16)35-17(2)24(31-33-35)25-21(34-11-12-37-27(34)30-25)14-28-32-26-29-20(15-38-26)23-13-18-5-3-4-6-22(18)36-23/h3-15H,1-2H3,(H,29,32)/b28-14+. The molecule has 186 valence electrons. The minimum atomic E-state index is 0.658. The van der Waals surface area contributed by atoms with E-state index in [-0.39, 0.29) is 0 Å². The largest absolute Gasteiger partial charge is 0.454 e. The molecule has 0 aliphatic heterocycles. The summed E-state index contributed by atoms with van der Waals surface area (Å²) in [5.41, 5.74) is 9.94. The summed E-state index contributed by atoms with van der Waals surface area (Å²) in [5, 5.41) is 19.0. The van der Waals surface area contributed by atoms with Crippen molar-refractivity contribution < 1.29 is 4.42 Å². The van der Waals surface area contributed by atoms with Crippen LogP contribution in [0.5, 0.6) is 0 Å². The number of aryl methyl sites for hydroxylation is 1. The average Bonchev–Trinajstić information content (AvgIpc) is 3.74. The van der Waals surface area contributed by atoms with Crippen molar-refractivity contribution in [2.24, 2.45) is 5.10 Å². The number of rotatable bonds is 6. The molecule has 0 spiro atoms. The molecule has 0 radical (unpaired) electrons. The van der Waals surface area contributed by atoms with Gasteiger partial charge in [0.25, 0.3) is 0 Å². The molecule has 0 saturated heterocycles. The molecule has 7 rings (SSSR count). The molecule has 0 saturated carbocycles. The molecule has 5 aromatic heterocycles. The van der Waals surface area contributed by atoms with E-state index in [0.717, 1.165) is 50.2 Å². The fourth-order valence-electron chi connectivity index (χ4n) is 4.28. The maximum atomic E-state index is 5.94. The Hall–Kier alpha value is -4.61. The monoisotopic (exact) mass is 536 g/mol. The number of nitrogens with one attached hydrogen (secondary N) is 1. The first-order valence-corrected chi connectivity index (χ1v) is 13.6. The second-order valence-electron chi connectivity index (χ2n) is 8.73. The Morgan fingerprint density at radius 3 is 2.74 bits per heavy atom. The molecule has 38 heavy (non-hydrogen) atoms. The van der Waals surface area contributed by atoms with Crippen LogP contribution in [0.2, 0.25) is 0 Å². The van der Waals surface area contributed by atoms with Crippen molar-refractivity contribution in [2.75, 3.05) is 5.43 Å². The smallest absolute Gasteiger partial charge is 0.203 e. The van der Waals surface area contributed by atoms with E-state index in [4.69, 9.17) is 9.40 Å². The second kappa shape index (κ2) is 9.05. The number of thiazole rings is 2. The van der Waals surface area contributed by atoms with Gasteiger partial charge in [0.2, 0.25) is 5.13 Å². The number of para-hydroxylation sites is 1. The summed E-state index contributed by atoms with van der Waals surface area (Å²) in [5.74, 6) is 0.727. The van der Waals surface area contributed by atoms with E-state index in [2.05, 4.69) is 44.9 Å². The Kier molecular flexibility index (Phi) is 5.38. The summed E-state index contributed by atoms with van der Waals surface area (Å²) < 4.78 is 9.77. The van der Waals surface area contributed by atoms with Crippen LogP contribution >= 0.6 is 22.7 Å². The van der Waals surface area contributed by atoms with Gasteiger partial charge in [0.1, 0.15) is 22.7 Å². The Morgan fingerprint density at radius 1 is 1.00 bits per heavy atom. The number of imidazole rings is 1. The number of hydrogen-bond donors (Lipinski definition) is 1. The van der Waals surface area contributed by atoms with E-state index in [0.29, 0.717) is 10.8 Å². The van der Waals surface area contributed by atoms with Crippen molar-refractivity contribution in [1.29, 1.82) is 0 Å². The van der Waals surface area contributed by atoms with Crippen molar-refractivity contribution in [3.63, 3.8) is 0 Å². The third-order valence-corrected chi connectivity index (χ3v) is 7.73. The van der Waals surface area contributed by atoms with Gasteiger partial charge in [0, 0.05) is 22.3 Å². The van der Waals surface area contributed by atoms with Gasteiger partial charge in [0.05, 0.1) is 23.3 Å². The van der Waals surface area contributed by atoms with Crippen molar-refractivity contribution in [3.8, 4) is 28.5 Å². The first-order valence-electron chi connectivity index (χ1n) is 11.8. The molecule has 0 aliphatic rings. The highest BCUT2D eigenvalue weighted by Gasteiger charge is 2.20. The van der Waals surface area contributed by atoms with E-state index >= 15 is 0 Å². The zero-order chi connectivity index (χ0) is 25.6. The molecular formula is C27H20N8OS2. The molecule has 0 aliphatic carbocycles. The number of hydrogen-bond acceptors (Lipinski definition) is 9. The lowest BCUT2D eigenvalue weighted by Crippen LogP contribution is -1.99. The predicted octanol–water partition coefficient (Wildman–Crippen LogP) is 6.58. The van der Waals surface area contributed by atoms with Crippen LogP contribution in [0.25, 0.3) is 44.5 Å². The highest BCUT2D eigenvalue weighted by Crippen LogP contribution is 2.31. The molecule has 5 heterocycles. The second-order valence-corrected chi connectivity index (χ2v) is 10.5. The molecule has 0 fully saturated rings. The van der Waals surface area contributed by atoms with E-state index < -0.39 is 0 Å². The topological polar surface area (TPSA) is 98.4 Å². The quantitative estimate of drug-likeness (QED) is 0.191. The summed E-state index contributed by atoms with van der Waals surface area (Å²) in [7, 11) is 0. The fraction of sp³-hybridized carbons (Fsp3) is 0.0741. The number of nitrogens with zero attached hydrogens (tertiary/aromatic N) is 7. The van der Waals surface area contributed by atoms with Crippen LogP contribution < -0.4 is 5.43 Å². The minimum absolute atomic E-state index is 0.658. The van der Waals surface area contributed by atoms with Crippen molar-refractivity contribution >= 4 is 49.9 Å².